The van der Waals surface area contributed by atoms with Crippen LogP contribution in [-0.2, 0) is 19.2 Å². The molecular weight excluding hydrogens is 440 g/mol. The van der Waals surface area contributed by atoms with Crippen LogP contribution < -0.4 is 22.9 Å². The van der Waals surface area contributed by atoms with E-state index in [0.29, 0.717) is 0 Å². The van der Waals surface area contributed by atoms with E-state index in [1.54, 1.807) is 0 Å². The van der Waals surface area contributed by atoms with Gasteiger partial charge in [0, 0.05) is 0 Å². The Morgan fingerprint density at radius 3 is 0.531 bits per heavy atom. The molecule has 0 spiro atoms. The van der Waals surface area contributed by atoms with Crippen LogP contribution in [0.25, 0.3) is 0 Å². The number of hydrogen-bond donors (Lipinski definition) is 12. The van der Waals surface area contributed by atoms with Crippen molar-refractivity contribution in [1.82, 2.24) is 0 Å². The fourth-order valence-corrected chi connectivity index (χ4v) is 0.825. The molecule has 0 fully saturated rings. The van der Waals surface area contributed by atoms with Gasteiger partial charge in [-0.15, -0.1) is 0 Å². The Balaban J connectivity index is -0.000000163. The number of nitrogens with two attached hydrogens (primary N) is 4. The van der Waals surface area contributed by atoms with Crippen molar-refractivity contribution in [3.8, 4) is 0 Å². The third-order valence-corrected chi connectivity index (χ3v) is 3.22. The summed E-state index contributed by atoms with van der Waals surface area (Å²) in [4.78, 5) is 39.4. The Morgan fingerprint density at radius 1 is 0.438 bits per heavy atom. The second-order valence-electron chi connectivity index (χ2n) is 6.42. The van der Waals surface area contributed by atoms with Crippen LogP contribution in [0, 0.1) is 0 Å². The van der Waals surface area contributed by atoms with Crippen LogP contribution >= 0.6 is 0 Å². The Morgan fingerprint density at radius 2 is 0.531 bits per heavy atom. The Kier molecular flexibility index (Phi) is 22.2. The molecule has 16 heteroatoms. The standard InChI is InChI=1S/4C4H9NO3/c4*1-2(6)3(5)4(7)8/h4*2-3,6H,5H2,1H3,(H,7,8)/t2?,3-;2-,3+;2*2-,3-/m0111/s1. The molecule has 0 aromatic heterocycles. The quantitative estimate of drug-likeness (QED) is 0.156. The van der Waals surface area contributed by atoms with Gasteiger partial charge < -0.3 is 63.8 Å². The van der Waals surface area contributed by atoms with Gasteiger partial charge in [0.25, 0.3) is 0 Å². The van der Waals surface area contributed by atoms with E-state index in [4.69, 9.17) is 63.8 Å². The number of aliphatic carboxylic acids is 4. The van der Waals surface area contributed by atoms with Gasteiger partial charge in [-0.3, -0.25) is 19.2 Å². The first-order chi connectivity index (χ1) is 14.2. The molecule has 32 heavy (non-hydrogen) atoms. The van der Waals surface area contributed by atoms with Crippen molar-refractivity contribution in [2.24, 2.45) is 22.9 Å². The summed E-state index contributed by atoms with van der Waals surface area (Å²) in [6.07, 6.45) is -3.92. The topological polar surface area (TPSA) is 334 Å². The summed E-state index contributed by atoms with van der Waals surface area (Å²) in [7, 11) is 0. The van der Waals surface area contributed by atoms with Crippen molar-refractivity contribution in [2.75, 3.05) is 0 Å². The summed E-state index contributed by atoms with van der Waals surface area (Å²) in [5.41, 5.74) is 19.6. The van der Waals surface area contributed by atoms with Gasteiger partial charge in [-0.2, -0.15) is 0 Å². The van der Waals surface area contributed by atoms with Gasteiger partial charge in [0.2, 0.25) is 0 Å². The van der Waals surface area contributed by atoms with Crippen LogP contribution in [0.2, 0.25) is 0 Å². The van der Waals surface area contributed by atoms with Gasteiger partial charge >= 0.3 is 23.9 Å². The Bertz CT molecular complexity index is 461. The molecule has 0 aliphatic rings. The lowest BCUT2D eigenvalue weighted by atomic mass is 10.2. The fourth-order valence-electron chi connectivity index (χ4n) is 0.825. The third kappa shape index (κ3) is 22.2. The maximum atomic E-state index is 9.86. The molecule has 0 radical (unpaired) electrons. The number of hydrogen-bond acceptors (Lipinski definition) is 12. The van der Waals surface area contributed by atoms with Crippen LogP contribution in [0.3, 0.4) is 0 Å². The van der Waals surface area contributed by atoms with Gasteiger partial charge in [-0.1, -0.05) is 0 Å². The van der Waals surface area contributed by atoms with Gasteiger partial charge in [0.1, 0.15) is 24.2 Å². The molecular formula is C16H36N4O12. The summed E-state index contributed by atoms with van der Waals surface area (Å²) in [5.74, 6) is -4.72. The summed E-state index contributed by atoms with van der Waals surface area (Å²) in [6, 6.07) is -4.63. The fraction of sp³-hybridized carbons (Fsp3) is 0.750. The molecule has 0 amide bonds. The van der Waals surface area contributed by atoms with Crippen LogP contribution in [0.1, 0.15) is 27.7 Å². The molecule has 0 rings (SSSR count). The first-order valence-electron chi connectivity index (χ1n) is 8.87. The molecule has 0 saturated carbocycles. The maximum Gasteiger partial charge on any atom is 0.323 e. The van der Waals surface area contributed by atoms with E-state index in [0.717, 1.165) is 0 Å². The normalized spacial score (nSPS) is 17.4. The molecule has 1 unspecified atom stereocenters. The smallest absolute Gasteiger partial charge is 0.323 e. The zero-order valence-electron chi connectivity index (χ0n) is 18.1. The van der Waals surface area contributed by atoms with E-state index in [1.807, 2.05) is 0 Å². The van der Waals surface area contributed by atoms with Crippen molar-refractivity contribution < 1.29 is 60.0 Å². The molecule has 8 atom stereocenters. The second-order valence-corrected chi connectivity index (χ2v) is 6.42. The molecule has 0 saturated heterocycles. The third-order valence-electron chi connectivity index (χ3n) is 3.22. The summed E-state index contributed by atoms with van der Waals surface area (Å²) < 4.78 is 0. The summed E-state index contributed by atoms with van der Waals surface area (Å²) in [5, 5.41) is 66.2. The van der Waals surface area contributed by atoms with Crippen molar-refractivity contribution in [1.29, 1.82) is 0 Å². The molecule has 0 aromatic rings. The molecule has 0 aliphatic heterocycles. The Labute approximate surface area is 184 Å². The molecule has 16 N–H and O–H groups in total. The van der Waals surface area contributed by atoms with Gasteiger partial charge in [-0.25, -0.2) is 0 Å². The van der Waals surface area contributed by atoms with E-state index < -0.39 is 72.5 Å². The lowest BCUT2D eigenvalue weighted by Crippen LogP contribution is -2.39. The second kappa shape index (κ2) is 19.3. The van der Waals surface area contributed by atoms with Crippen molar-refractivity contribution >= 4 is 23.9 Å². The molecule has 16 nitrogen and oxygen atoms in total. The van der Waals surface area contributed by atoms with Crippen molar-refractivity contribution in [3.63, 3.8) is 0 Å². The predicted octanol–water partition coefficient (Wildman–Crippen LogP) is -4.88. The molecule has 0 heterocycles. The zero-order valence-corrected chi connectivity index (χ0v) is 18.1. The minimum Gasteiger partial charge on any atom is -0.480 e. The van der Waals surface area contributed by atoms with Crippen molar-refractivity contribution in [2.45, 2.75) is 76.3 Å². The highest BCUT2D eigenvalue weighted by Gasteiger charge is 2.18. The van der Waals surface area contributed by atoms with Crippen LogP contribution in [0.15, 0.2) is 0 Å². The molecule has 0 aromatic carbocycles. The van der Waals surface area contributed by atoms with E-state index in [1.165, 1.54) is 27.7 Å². The van der Waals surface area contributed by atoms with E-state index >= 15 is 0 Å². The number of aliphatic hydroxyl groups excluding tert-OH is 4. The number of carboxylic acids is 4. The highest BCUT2D eigenvalue weighted by atomic mass is 16.4. The zero-order chi connectivity index (χ0) is 26.9. The first kappa shape index (κ1) is 36.9. The minimum absolute atomic E-state index is 0.979. The number of aliphatic hydroxyl groups is 4. The van der Waals surface area contributed by atoms with Gasteiger partial charge in [-0.05, 0) is 27.7 Å². The summed E-state index contributed by atoms with van der Waals surface area (Å²) >= 11 is 0. The predicted molar refractivity (Wildman–Crippen MR) is 109 cm³/mol. The number of carboxylic acid groups (broad SMARTS) is 4. The largest absolute Gasteiger partial charge is 0.480 e. The van der Waals surface area contributed by atoms with Crippen molar-refractivity contribution in [3.05, 3.63) is 0 Å². The maximum absolute atomic E-state index is 9.86. The molecule has 0 aliphatic carbocycles. The number of carbonyl (C=O) groups is 4. The highest BCUT2D eigenvalue weighted by molar-refractivity contribution is 5.74. The molecule has 192 valence electrons. The first-order valence-corrected chi connectivity index (χ1v) is 8.87. The van der Waals surface area contributed by atoms with Crippen LogP contribution in [0.5, 0.6) is 0 Å². The lowest BCUT2D eigenvalue weighted by Gasteiger charge is -2.07. The van der Waals surface area contributed by atoms with E-state index in [-0.39, 0.29) is 0 Å². The van der Waals surface area contributed by atoms with Crippen LogP contribution in [0.4, 0.5) is 0 Å². The van der Waals surface area contributed by atoms with E-state index in [9.17, 15) is 19.2 Å². The average Bonchev–Trinajstić information content (AvgIpc) is 2.65. The Hall–Kier alpha value is -2.44. The monoisotopic (exact) mass is 476 g/mol. The SMILES string of the molecule is CC(O)[C@H](N)C(=O)O.C[C@@H](O)[C@@H](N)C(=O)O.C[C@@H](O)[C@@H](N)C(=O)O.C[C@@H](O)[C@H](N)C(=O)O. The van der Waals surface area contributed by atoms with Crippen LogP contribution in [-0.4, -0.2) is 113 Å². The van der Waals surface area contributed by atoms with Gasteiger partial charge in [0.05, 0.1) is 24.4 Å². The molecule has 0 bridgehead atoms. The minimum atomic E-state index is -1.18. The highest BCUT2D eigenvalue weighted by Crippen LogP contribution is 1.87. The average molecular weight is 476 g/mol. The number of rotatable bonds is 8. The van der Waals surface area contributed by atoms with Gasteiger partial charge in [0.15, 0.2) is 0 Å². The lowest BCUT2D eigenvalue weighted by molar-refractivity contribution is -0.141. The van der Waals surface area contributed by atoms with E-state index in [2.05, 4.69) is 0 Å². The summed E-state index contributed by atoms with van der Waals surface area (Å²) in [6.45, 7) is 5.33.